The van der Waals surface area contributed by atoms with E-state index >= 15 is 0 Å². The van der Waals surface area contributed by atoms with Crippen molar-refractivity contribution in [2.75, 3.05) is 11.5 Å². The Morgan fingerprint density at radius 3 is 1.11 bits per heavy atom. The summed E-state index contributed by atoms with van der Waals surface area (Å²) in [5, 5.41) is 0.478. The summed E-state index contributed by atoms with van der Waals surface area (Å²) in [6, 6.07) is 0. The first-order chi connectivity index (χ1) is 9.13. The van der Waals surface area contributed by atoms with E-state index in [2.05, 4.69) is 0 Å². The summed E-state index contributed by atoms with van der Waals surface area (Å²) in [6.45, 7) is 3.28. The molecule has 19 heavy (non-hydrogen) atoms. The quantitative estimate of drug-likeness (QED) is 0.472. The average Bonchev–Trinajstić information content (AvgIpc) is 2.34. The van der Waals surface area contributed by atoms with Crippen LogP contribution in [0.4, 0.5) is 0 Å². The fourth-order valence-electron chi connectivity index (χ4n) is 1.87. The molecule has 0 N–H and O–H groups in total. The van der Waals surface area contributed by atoms with Crippen LogP contribution in [0.2, 0.25) is 0 Å². The van der Waals surface area contributed by atoms with E-state index in [9.17, 15) is 9.59 Å². The fraction of sp³-hybridized carbons (Fsp3) is 0.867. The van der Waals surface area contributed by atoms with E-state index < -0.39 is 0 Å². The van der Waals surface area contributed by atoms with Gasteiger partial charge in [0, 0.05) is 25.4 Å². The number of hydrogen-bond donors (Lipinski definition) is 0. The molecule has 0 amide bonds. The molecular weight excluding hydrogens is 276 g/mol. The Labute approximate surface area is 126 Å². The molecule has 0 aromatic heterocycles. The highest BCUT2D eigenvalue weighted by atomic mass is 32.2. The summed E-state index contributed by atoms with van der Waals surface area (Å²) >= 11 is 2.90. The van der Waals surface area contributed by atoms with E-state index in [1.807, 2.05) is 0 Å². The molecule has 0 saturated carbocycles. The van der Waals surface area contributed by atoms with Crippen LogP contribution in [-0.4, -0.2) is 21.7 Å². The molecule has 0 bridgehead atoms. The molecule has 0 aliphatic carbocycles. The van der Waals surface area contributed by atoms with Crippen LogP contribution in [0.15, 0.2) is 0 Å². The number of hydrogen-bond acceptors (Lipinski definition) is 4. The molecule has 0 fully saturated rings. The van der Waals surface area contributed by atoms with Crippen LogP contribution in [0.3, 0.4) is 0 Å². The SMILES string of the molecule is CC(=O)SCCCCCCCCCCCSC(C)=O. The first-order valence-corrected chi connectivity index (χ1v) is 9.37. The van der Waals surface area contributed by atoms with Crippen LogP contribution in [0.5, 0.6) is 0 Å². The molecule has 4 heteroatoms. The number of thioether (sulfide) groups is 2. The first-order valence-electron chi connectivity index (χ1n) is 7.39. The molecule has 0 atom stereocenters. The molecule has 0 heterocycles. The van der Waals surface area contributed by atoms with Gasteiger partial charge in [0.15, 0.2) is 10.2 Å². The molecule has 0 aromatic rings. The normalized spacial score (nSPS) is 10.6. The fourth-order valence-corrected chi connectivity index (χ4v) is 3.15. The second kappa shape index (κ2) is 14.4. The Hall–Kier alpha value is 0.0400. The molecule has 0 rings (SSSR count). The summed E-state index contributed by atoms with van der Waals surface area (Å²) in [5.74, 6) is 1.98. The molecule has 0 aliphatic heterocycles. The summed E-state index contributed by atoms with van der Waals surface area (Å²) in [7, 11) is 0. The maximum atomic E-state index is 10.7. The molecule has 112 valence electrons. The van der Waals surface area contributed by atoms with E-state index in [-0.39, 0.29) is 10.2 Å². The van der Waals surface area contributed by atoms with Crippen LogP contribution in [-0.2, 0) is 9.59 Å². The van der Waals surface area contributed by atoms with Gasteiger partial charge in [0.2, 0.25) is 0 Å². The van der Waals surface area contributed by atoms with E-state index in [4.69, 9.17) is 0 Å². The maximum absolute atomic E-state index is 10.7. The van der Waals surface area contributed by atoms with Crippen LogP contribution in [0, 0.1) is 0 Å². The number of unbranched alkanes of at least 4 members (excludes halogenated alkanes) is 8. The van der Waals surface area contributed by atoms with Gasteiger partial charge in [-0.1, -0.05) is 68.5 Å². The van der Waals surface area contributed by atoms with Crippen molar-refractivity contribution in [3.63, 3.8) is 0 Å². The minimum atomic E-state index is 0.239. The Morgan fingerprint density at radius 2 is 0.842 bits per heavy atom. The molecule has 0 radical (unpaired) electrons. The van der Waals surface area contributed by atoms with Crippen molar-refractivity contribution >= 4 is 33.8 Å². The lowest BCUT2D eigenvalue weighted by Gasteiger charge is -2.02. The van der Waals surface area contributed by atoms with E-state index in [1.54, 1.807) is 13.8 Å². The zero-order valence-electron chi connectivity index (χ0n) is 12.4. The van der Waals surface area contributed by atoms with Gasteiger partial charge in [-0.15, -0.1) is 0 Å². The monoisotopic (exact) mass is 304 g/mol. The van der Waals surface area contributed by atoms with Gasteiger partial charge in [0.1, 0.15) is 0 Å². The minimum absolute atomic E-state index is 0.239. The number of carbonyl (C=O) groups excluding carboxylic acids is 2. The Balaban J connectivity index is 2.99. The molecule has 0 aliphatic rings. The second-order valence-corrected chi connectivity index (χ2v) is 7.41. The third-order valence-corrected chi connectivity index (χ3v) is 4.70. The average molecular weight is 305 g/mol. The highest BCUT2D eigenvalue weighted by Crippen LogP contribution is 2.13. The third kappa shape index (κ3) is 18.0. The van der Waals surface area contributed by atoms with Crippen LogP contribution < -0.4 is 0 Å². The number of rotatable bonds is 12. The summed E-state index contributed by atoms with van der Waals surface area (Å²) < 4.78 is 0. The second-order valence-electron chi connectivity index (χ2n) is 4.86. The zero-order chi connectivity index (χ0) is 14.3. The lowest BCUT2D eigenvalue weighted by atomic mass is 10.1. The maximum Gasteiger partial charge on any atom is 0.185 e. The van der Waals surface area contributed by atoms with Crippen LogP contribution >= 0.6 is 23.5 Å². The third-order valence-electron chi connectivity index (χ3n) is 2.90. The number of carbonyl (C=O) groups is 2. The lowest BCUT2D eigenvalue weighted by molar-refractivity contribution is -0.109. The predicted molar refractivity (Wildman–Crippen MR) is 87.8 cm³/mol. The standard InChI is InChI=1S/C15H28O2S2/c1-14(16)18-12-10-8-6-4-3-5-7-9-11-13-19-15(2)17/h3-13H2,1-2H3. The molecule has 0 spiro atoms. The highest BCUT2D eigenvalue weighted by Gasteiger charge is 1.96. The van der Waals surface area contributed by atoms with Gasteiger partial charge >= 0.3 is 0 Å². The zero-order valence-corrected chi connectivity index (χ0v) is 14.0. The molecular formula is C15H28O2S2. The largest absolute Gasteiger partial charge is 0.288 e. The highest BCUT2D eigenvalue weighted by molar-refractivity contribution is 8.13. The Bertz CT molecular complexity index is 218. The van der Waals surface area contributed by atoms with Gasteiger partial charge < -0.3 is 0 Å². The van der Waals surface area contributed by atoms with E-state index in [0.29, 0.717) is 0 Å². The smallest absolute Gasteiger partial charge is 0.185 e. The van der Waals surface area contributed by atoms with E-state index in [0.717, 1.165) is 11.5 Å². The van der Waals surface area contributed by atoms with Gasteiger partial charge in [0.05, 0.1) is 0 Å². The molecule has 0 aromatic carbocycles. The summed E-state index contributed by atoms with van der Waals surface area (Å²) in [6.07, 6.45) is 11.5. The van der Waals surface area contributed by atoms with Crippen molar-refractivity contribution in [2.24, 2.45) is 0 Å². The molecule has 0 unspecified atom stereocenters. The van der Waals surface area contributed by atoms with Crippen molar-refractivity contribution in [2.45, 2.75) is 71.6 Å². The van der Waals surface area contributed by atoms with Crippen molar-refractivity contribution in [1.82, 2.24) is 0 Å². The minimum Gasteiger partial charge on any atom is -0.288 e. The van der Waals surface area contributed by atoms with Crippen molar-refractivity contribution in [3.8, 4) is 0 Å². The van der Waals surface area contributed by atoms with Crippen LogP contribution in [0.1, 0.15) is 71.6 Å². The Kier molecular flexibility index (Phi) is 14.5. The lowest BCUT2D eigenvalue weighted by Crippen LogP contribution is -1.88. The van der Waals surface area contributed by atoms with Gasteiger partial charge in [-0.3, -0.25) is 9.59 Å². The van der Waals surface area contributed by atoms with Crippen LogP contribution in [0.25, 0.3) is 0 Å². The summed E-state index contributed by atoms with van der Waals surface area (Å²) in [5.41, 5.74) is 0. The van der Waals surface area contributed by atoms with Crippen molar-refractivity contribution in [1.29, 1.82) is 0 Å². The molecule has 0 saturated heterocycles. The first kappa shape index (κ1) is 19.0. The van der Waals surface area contributed by atoms with E-state index in [1.165, 1.54) is 81.3 Å². The summed E-state index contributed by atoms with van der Waals surface area (Å²) in [4.78, 5) is 21.4. The topological polar surface area (TPSA) is 34.1 Å². The van der Waals surface area contributed by atoms with Gasteiger partial charge in [0.25, 0.3) is 0 Å². The predicted octanol–water partition coefficient (Wildman–Crippen LogP) is 5.06. The van der Waals surface area contributed by atoms with Gasteiger partial charge in [-0.25, -0.2) is 0 Å². The molecule has 2 nitrogen and oxygen atoms in total. The Morgan fingerprint density at radius 1 is 0.579 bits per heavy atom. The van der Waals surface area contributed by atoms with Crippen molar-refractivity contribution in [3.05, 3.63) is 0 Å². The van der Waals surface area contributed by atoms with Gasteiger partial charge in [-0.05, 0) is 12.8 Å². The van der Waals surface area contributed by atoms with Crippen molar-refractivity contribution < 1.29 is 9.59 Å². The van der Waals surface area contributed by atoms with Gasteiger partial charge in [-0.2, -0.15) is 0 Å².